The Kier molecular flexibility index (Phi) is 4.05. The van der Waals surface area contributed by atoms with E-state index in [1.165, 1.54) is 11.9 Å². The van der Waals surface area contributed by atoms with Crippen LogP contribution in [0.25, 0.3) is 0 Å². The highest BCUT2D eigenvalue weighted by Crippen LogP contribution is 2.08. The first kappa shape index (κ1) is 12.2. The van der Waals surface area contributed by atoms with Crippen LogP contribution in [0.5, 0.6) is 0 Å². The molecule has 86 valence electrons. The van der Waals surface area contributed by atoms with Crippen LogP contribution < -0.4 is 0 Å². The summed E-state index contributed by atoms with van der Waals surface area (Å²) < 4.78 is 0. The molecule has 0 saturated carbocycles. The highest BCUT2D eigenvalue weighted by atomic mass is 16.4. The second kappa shape index (κ2) is 5.30. The summed E-state index contributed by atoms with van der Waals surface area (Å²) in [6, 6.07) is 7.23. The number of aliphatic carboxylic acids is 1. The molecule has 0 aliphatic heterocycles. The monoisotopic (exact) mass is 221 g/mol. The van der Waals surface area contributed by atoms with Crippen LogP contribution in [-0.2, 0) is 11.2 Å². The Balaban J connectivity index is 2.83. The topological polar surface area (TPSA) is 57.6 Å². The lowest BCUT2D eigenvalue weighted by Gasteiger charge is -2.14. The smallest absolute Gasteiger partial charge is 0.323 e. The van der Waals surface area contributed by atoms with E-state index < -0.39 is 5.97 Å². The van der Waals surface area contributed by atoms with E-state index in [-0.39, 0.29) is 12.5 Å². The molecule has 1 amide bonds. The zero-order valence-corrected chi connectivity index (χ0v) is 9.43. The van der Waals surface area contributed by atoms with Crippen LogP contribution in [0.4, 0.5) is 0 Å². The number of hydrogen-bond donors (Lipinski definition) is 1. The second-order valence-electron chi connectivity index (χ2n) is 3.61. The molecular weight excluding hydrogens is 206 g/mol. The lowest BCUT2D eigenvalue weighted by atomic mass is 10.1. The van der Waals surface area contributed by atoms with Gasteiger partial charge in [-0.1, -0.05) is 19.1 Å². The summed E-state index contributed by atoms with van der Waals surface area (Å²) in [6.45, 7) is 1.72. The number of likely N-dealkylation sites (N-methyl/N-ethyl adjacent to an activating group) is 1. The molecule has 0 fully saturated rings. The van der Waals surface area contributed by atoms with E-state index in [1.807, 2.05) is 13.0 Å². The molecular formula is C12H15NO3. The number of benzene rings is 1. The quantitative estimate of drug-likeness (QED) is 0.836. The molecule has 0 spiro atoms. The van der Waals surface area contributed by atoms with E-state index in [4.69, 9.17) is 5.11 Å². The number of carbonyl (C=O) groups is 2. The fourth-order valence-electron chi connectivity index (χ4n) is 1.42. The van der Waals surface area contributed by atoms with Crippen molar-refractivity contribution in [2.24, 2.45) is 0 Å². The zero-order valence-electron chi connectivity index (χ0n) is 9.43. The van der Waals surface area contributed by atoms with Gasteiger partial charge in [-0.2, -0.15) is 0 Å². The van der Waals surface area contributed by atoms with Gasteiger partial charge in [0.1, 0.15) is 6.54 Å². The fraction of sp³-hybridized carbons (Fsp3) is 0.333. The molecule has 0 unspecified atom stereocenters. The van der Waals surface area contributed by atoms with E-state index in [0.717, 1.165) is 12.0 Å². The summed E-state index contributed by atoms with van der Waals surface area (Å²) in [6.07, 6.45) is 0.851. The highest BCUT2D eigenvalue weighted by molar-refractivity contribution is 5.95. The van der Waals surface area contributed by atoms with E-state index in [2.05, 4.69) is 0 Å². The van der Waals surface area contributed by atoms with Gasteiger partial charge in [0.15, 0.2) is 0 Å². The predicted octanol–water partition coefficient (Wildman–Crippen LogP) is 1.41. The van der Waals surface area contributed by atoms with Crippen LogP contribution in [0.15, 0.2) is 24.3 Å². The van der Waals surface area contributed by atoms with Crippen molar-refractivity contribution in [1.82, 2.24) is 4.90 Å². The van der Waals surface area contributed by atoms with Gasteiger partial charge in [-0.3, -0.25) is 9.59 Å². The van der Waals surface area contributed by atoms with Gasteiger partial charge in [-0.25, -0.2) is 0 Å². The van der Waals surface area contributed by atoms with Crippen molar-refractivity contribution in [3.8, 4) is 0 Å². The third kappa shape index (κ3) is 3.08. The minimum absolute atomic E-state index is 0.266. The molecule has 1 aromatic rings. The Morgan fingerprint density at radius 3 is 2.62 bits per heavy atom. The molecule has 0 aliphatic carbocycles. The number of nitrogens with zero attached hydrogens (tertiary/aromatic N) is 1. The molecule has 4 nitrogen and oxygen atoms in total. The van der Waals surface area contributed by atoms with Crippen molar-refractivity contribution in [2.45, 2.75) is 13.3 Å². The molecule has 1 aromatic carbocycles. The van der Waals surface area contributed by atoms with Gasteiger partial charge in [0.05, 0.1) is 0 Å². The standard InChI is InChI=1S/C12H15NO3/c1-3-9-5-4-6-10(7-9)12(16)13(2)8-11(14)15/h4-7H,3,8H2,1-2H3,(H,14,15). The normalized spacial score (nSPS) is 9.88. The molecule has 0 bridgehead atoms. The summed E-state index contributed by atoms with van der Waals surface area (Å²) in [5.41, 5.74) is 1.60. The first-order valence-corrected chi connectivity index (χ1v) is 5.10. The molecule has 0 heterocycles. The van der Waals surface area contributed by atoms with Crippen molar-refractivity contribution >= 4 is 11.9 Å². The van der Waals surface area contributed by atoms with Crippen molar-refractivity contribution in [3.63, 3.8) is 0 Å². The Morgan fingerprint density at radius 2 is 2.06 bits per heavy atom. The number of carboxylic acids is 1. The number of carboxylic acid groups (broad SMARTS) is 1. The number of hydrogen-bond acceptors (Lipinski definition) is 2. The molecule has 16 heavy (non-hydrogen) atoms. The van der Waals surface area contributed by atoms with Crippen molar-refractivity contribution in [3.05, 3.63) is 35.4 Å². The third-order valence-electron chi connectivity index (χ3n) is 2.30. The zero-order chi connectivity index (χ0) is 12.1. The Morgan fingerprint density at radius 1 is 1.38 bits per heavy atom. The van der Waals surface area contributed by atoms with E-state index in [9.17, 15) is 9.59 Å². The predicted molar refractivity (Wildman–Crippen MR) is 60.4 cm³/mol. The van der Waals surface area contributed by atoms with Crippen molar-refractivity contribution < 1.29 is 14.7 Å². The third-order valence-corrected chi connectivity index (χ3v) is 2.30. The largest absolute Gasteiger partial charge is 0.480 e. The number of rotatable bonds is 4. The van der Waals surface area contributed by atoms with Gasteiger partial charge in [0, 0.05) is 12.6 Å². The van der Waals surface area contributed by atoms with Crippen molar-refractivity contribution in [2.75, 3.05) is 13.6 Å². The van der Waals surface area contributed by atoms with Gasteiger partial charge < -0.3 is 10.0 Å². The van der Waals surface area contributed by atoms with Crippen LogP contribution in [-0.4, -0.2) is 35.5 Å². The molecule has 0 saturated heterocycles. The summed E-state index contributed by atoms with van der Waals surface area (Å²) in [4.78, 5) is 23.5. The first-order valence-electron chi connectivity index (χ1n) is 5.10. The van der Waals surface area contributed by atoms with E-state index in [1.54, 1.807) is 18.2 Å². The van der Waals surface area contributed by atoms with Crippen LogP contribution in [0, 0.1) is 0 Å². The minimum atomic E-state index is -1.01. The lowest BCUT2D eigenvalue weighted by Crippen LogP contribution is -2.31. The first-order chi connectivity index (χ1) is 7.54. The van der Waals surface area contributed by atoms with Gasteiger partial charge >= 0.3 is 5.97 Å². The molecule has 0 aromatic heterocycles. The minimum Gasteiger partial charge on any atom is -0.480 e. The number of amides is 1. The molecule has 0 aliphatic rings. The van der Waals surface area contributed by atoms with Gasteiger partial charge in [-0.15, -0.1) is 0 Å². The van der Waals surface area contributed by atoms with Crippen LogP contribution in [0.3, 0.4) is 0 Å². The molecule has 1 N–H and O–H groups in total. The van der Waals surface area contributed by atoms with Gasteiger partial charge in [-0.05, 0) is 24.1 Å². The summed E-state index contributed by atoms with van der Waals surface area (Å²) in [5.74, 6) is -1.28. The summed E-state index contributed by atoms with van der Waals surface area (Å²) >= 11 is 0. The molecule has 4 heteroatoms. The molecule has 0 radical (unpaired) electrons. The Hall–Kier alpha value is -1.84. The van der Waals surface area contributed by atoms with E-state index >= 15 is 0 Å². The fourth-order valence-corrected chi connectivity index (χ4v) is 1.42. The van der Waals surface area contributed by atoms with Crippen LogP contribution in [0.1, 0.15) is 22.8 Å². The maximum Gasteiger partial charge on any atom is 0.323 e. The Bertz CT molecular complexity index is 401. The van der Waals surface area contributed by atoms with Crippen LogP contribution in [0.2, 0.25) is 0 Å². The maximum atomic E-state index is 11.8. The second-order valence-corrected chi connectivity index (χ2v) is 3.61. The number of aryl methyl sites for hydroxylation is 1. The highest BCUT2D eigenvalue weighted by Gasteiger charge is 2.14. The molecule has 1 rings (SSSR count). The van der Waals surface area contributed by atoms with Crippen LogP contribution >= 0.6 is 0 Å². The number of carbonyl (C=O) groups excluding carboxylic acids is 1. The maximum absolute atomic E-state index is 11.8. The summed E-state index contributed by atoms with van der Waals surface area (Å²) in [7, 11) is 1.48. The average Bonchev–Trinajstić information content (AvgIpc) is 2.27. The lowest BCUT2D eigenvalue weighted by molar-refractivity contribution is -0.137. The Labute approximate surface area is 94.5 Å². The molecule has 0 atom stereocenters. The van der Waals surface area contributed by atoms with Gasteiger partial charge in [0.25, 0.3) is 5.91 Å². The van der Waals surface area contributed by atoms with Crippen molar-refractivity contribution in [1.29, 1.82) is 0 Å². The van der Waals surface area contributed by atoms with Gasteiger partial charge in [0.2, 0.25) is 0 Å². The average molecular weight is 221 g/mol. The summed E-state index contributed by atoms with van der Waals surface area (Å²) in [5, 5.41) is 8.59. The van der Waals surface area contributed by atoms with E-state index in [0.29, 0.717) is 5.56 Å². The SMILES string of the molecule is CCc1cccc(C(=O)N(C)CC(=O)O)c1.